The van der Waals surface area contributed by atoms with E-state index in [4.69, 9.17) is 18.9 Å². The minimum Gasteiger partial charge on any atom is -0.466 e. The van der Waals surface area contributed by atoms with Gasteiger partial charge >= 0.3 is 11.9 Å². The number of carbonyl (C=O) groups is 2. The molecule has 1 aromatic carbocycles. The fraction of sp³-hybridized carbons (Fsp3) is 0.742. The van der Waals surface area contributed by atoms with Crippen LogP contribution in [0.5, 0.6) is 0 Å². The smallest absolute Gasteiger partial charge is 0.338 e. The molecule has 7 heteroatoms. The van der Waals surface area contributed by atoms with Crippen LogP contribution in [0.1, 0.15) is 109 Å². The normalized spacial score (nSPS) is 23.0. The zero-order valence-corrected chi connectivity index (χ0v) is 23.9. The summed E-state index contributed by atoms with van der Waals surface area (Å²) in [5, 5.41) is 10.6. The Balaban J connectivity index is 1.96. The van der Waals surface area contributed by atoms with Gasteiger partial charge in [-0.05, 0) is 57.1 Å². The van der Waals surface area contributed by atoms with Crippen LogP contribution in [0.15, 0.2) is 30.3 Å². The molecule has 1 aromatic rings. The van der Waals surface area contributed by atoms with Crippen LogP contribution in [-0.4, -0.2) is 54.9 Å². The van der Waals surface area contributed by atoms with E-state index < -0.39 is 18.5 Å². The van der Waals surface area contributed by atoms with E-state index >= 15 is 0 Å². The van der Waals surface area contributed by atoms with Crippen LogP contribution in [0.25, 0.3) is 0 Å². The van der Waals surface area contributed by atoms with Crippen LogP contribution in [-0.2, 0) is 23.7 Å². The van der Waals surface area contributed by atoms with Gasteiger partial charge in [-0.25, -0.2) is 4.79 Å². The summed E-state index contributed by atoms with van der Waals surface area (Å²) in [4.78, 5) is 24.6. The molecule has 1 heterocycles. The first-order valence-corrected chi connectivity index (χ1v) is 14.7. The van der Waals surface area contributed by atoms with Gasteiger partial charge in [-0.1, -0.05) is 77.0 Å². The molecule has 0 aromatic heterocycles. The summed E-state index contributed by atoms with van der Waals surface area (Å²) in [5.74, 6) is -0.502. The molecule has 1 fully saturated rings. The van der Waals surface area contributed by atoms with Gasteiger partial charge in [-0.15, -0.1) is 0 Å². The van der Waals surface area contributed by atoms with Crippen molar-refractivity contribution in [3.63, 3.8) is 0 Å². The summed E-state index contributed by atoms with van der Waals surface area (Å²) in [6.07, 6.45) is 8.40. The predicted octanol–water partition coefficient (Wildman–Crippen LogP) is 6.46. The lowest BCUT2D eigenvalue weighted by atomic mass is 9.93. The molecule has 1 saturated heterocycles. The molecule has 0 bridgehead atoms. The Labute approximate surface area is 229 Å². The van der Waals surface area contributed by atoms with Gasteiger partial charge in [0.05, 0.1) is 37.4 Å². The zero-order chi connectivity index (χ0) is 27.8. The molecule has 6 atom stereocenters. The van der Waals surface area contributed by atoms with Crippen LogP contribution in [0.3, 0.4) is 0 Å². The number of rotatable bonds is 18. The molecule has 1 aliphatic heterocycles. The second-order valence-electron chi connectivity index (χ2n) is 10.7. The molecule has 2 rings (SSSR count). The SMILES string of the molecule is CCCCCCCCCC(CO[C@@H]1OC(C)[C@H](C)CC1OC(=O)c1ccccc1)C[C@@H](O)CC(=O)OCC. The first-order valence-electron chi connectivity index (χ1n) is 14.7. The van der Waals surface area contributed by atoms with E-state index in [1.807, 2.05) is 25.1 Å². The van der Waals surface area contributed by atoms with Crippen molar-refractivity contribution < 1.29 is 33.6 Å². The summed E-state index contributed by atoms with van der Waals surface area (Å²) >= 11 is 0. The van der Waals surface area contributed by atoms with Gasteiger partial charge in [-0.3, -0.25) is 4.79 Å². The van der Waals surface area contributed by atoms with Crippen molar-refractivity contribution in [3.05, 3.63) is 35.9 Å². The average molecular weight is 535 g/mol. The number of unbranched alkanes of at least 4 members (excludes halogenated alkanes) is 6. The Hall–Kier alpha value is -1.96. The van der Waals surface area contributed by atoms with Crippen molar-refractivity contribution in [2.24, 2.45) is 11.8 Å². The predicted molar refractivity (Wildman–Crippen MR) is 148 cm³/mol. The number of carbonyl (C=O) groups excluding carboxylic acids is 2. The summed E-state index contributed by atoms with van der Waals surface area (Å²) in [6, 6.07) is 8.94. The van der Waals surface area contributed by atoms with Crippen LogP contribution >= 0.6 is 0 Å². The minimum absolute atomic E-state index is 0.0207. The minimum atomic E-state index is -0.787. The Morgan fingerprint density at radius 3 is 2.39 bits per heavy atom. The zero-order valence-electron chi connectivity index (χ0n) is 23.9. The highest BCUT2D eigenvalue weighted by molar-refractivity contribution is 5.89. The maximum Gasteiger partial charge on any atom is 0.338 e. The first kappa shape index (κ1) is 32.3. The lowest BCUT2D eigenvalue weighted by Gasteiger charge is -2.38. The van der Waals surface area contributed by atoms with Crippen LogP contribution in [0.4, 0.5) is 0 Å². The van der Waals surface area contributed by atoms with Crippen molar-refractivity contribution in [1.29, 1.82) is 0 Å². The number of hydrogen-bond acceptors (Lipinski definition) is 7. The largest absolute Gasteiger partial charge is 0.466 e. The summed E-state index contributed by atoms with van der Waals surface area (Å²) in [7, 11) is 0. The number of aliphatic hydroxyl groups excluding tert-OH is 1. The summed E-state index contributed by atoms with van der Waals surface area (Å²) in [5.41, 5.74) is 0.497. The van der Waals surface area contributed by atoms with Crippen LogP contribution in [0.2, 0.25) is 0 Å². The van der Waals surface area contributed by atoms with Gasteiger partial charge < -0.3 is 24.1 Å². The van der Waals surface area contributed by atoms with Crippen molar-refractivity contribution in [3.8, 4) is 0 Å². The molecule has 38 heavy (non-hydrogen) atoms. The van der Waals surface area contributed by atoms with Crippen molar-refractivity contribution >= 4 is 11.9 Å². The third kappa shape index (κ3) is 12.3. The van der Waals surface area contributed by atoms with E-state index in [-0.39, 0.29) is 36.3 Å². The number of ether oxygens (including phenoxy) is 4. The molecule has 7 nitrogen and oxygen atoms in total. The van der Waals surface area contributed by atoms with Gasteiger partial charge in [0.25, 0.3) is 0 Å². The van der Waals surface area contributed by atoms with Gasteiger partial charge in [0.1, 0.15) is 0 Å². The maximum atomic E-state index is 12.7. The van der Waals surface area contributed by atoms with Gasteiger partial charge in [0.2, 0.25) is 0 Å². The second-order valence-corrected chi connectivity index (χ2v) is 10.7. The highest BCUT2D eigenvalue weighted by Gasteiger charge is 2.37. The van der Waals surface area contributed by atoms with Crippen molar-refractivity contribution in [2.75, 3.05) is 13.2 Å². The van der Waals surface area contributed by atoms with Crippen molar-refractivity contribution in [1.82, 2.24) is 0 Å². The molecule has 0 radical (unpaired) electrons. The second kappa shape index (κ2) is 18.3. The molecule has 0 aliphatic carbocycles. The Morgan fingerprint density at radius 2 is 1.71 bits per heavy atom. The Morgan fingerprint density at radius 1 is 1.03 bits per heavy atom. The van der Waals surface area contributed by atoms with Crippen LogP contribution in [0, 0.1) is 11.8 Å². The number of esters is 2. The summed E-state index contributed by atoms with van der Waals surface area (Å²) in [6.45, 7) is 8.73. The fourth-order valence-corrected chi connectivity index (χ4v) is 4.90. The monoisotopic (exact) mass is 534 g/mol. The third-order valence-electron chi connectivity index (χ3n) is 7.35. The molecule has 3 unspecified atom stereocenters. The quantitative estimate of drug-likeness (QED) is 0.171. The van der Waals surface area contributed by atoms with Gasteiger partial charge in [0, 0.05) is 0 Å². The third-order valence-corrected chi connectivity index (χ3v) is 7.35. The maximum absolute atomic E-state index is 12.7. The fourth-order valence-electron chi connectivity index (χ4n) is 4.90. The molecular formula is C31H50O7. The first-order chi connectivity index (χ1) is 18.3. The Bertz CT molecular complexity index is 784. The van der Waals surface area contributed by atoms with E-state index in [9.17, 15) is 14.7 Å². The number of aliphatic hydroxyl groups is 1. The van der Waals surface area contributed by atoms with Crippen molar-refractivity contribution in [2.45, 2.75) is 123 Å². The van der Waals surface area contributed by atoms with Gasteiger partial charge in [-0.2, -0.15) is 0 Å². The molecule has 216 valence electrons. The standard InChI is InChI=1S/C31H50O7/c1-5-7-8-9-10-11-13-16-25(20-27(32)21-29(33)35-6-2)22-36-31-28(19-23(3)24(4)37-31)38-30(34)26-17-14-12-15-18-26/h12,14-15,17-18,23-25,27-28,31-32H,5-11,13,16,19-22H2,1-4H3/t23-,24?,25?,27-,28?,31-/m1/s1. The van der Waals surface area contributed by atoms with E-state index in [2.05, 4.69) is 13.8 Å². The summed E-state index contributed by atoms with van der Waals surface area (Å²) < 4.78 is 23.2. The number of hydrogen-bond donors (Lipinski definition) is 1. The molecular weight excluding hydrogens is 484 g/mol. The van der Waals surface area contributed by atoms with E-state index in [0.717, 1.165) is 19.3 Å². The van der Waals surface area contributed by atoms with Gasteiger partial charge in [0.15, 0.2) is 12.4 Å². The molecule has 0 amide bonds. The Kier molecular flexibility index (Phi) is 15.6. The van der Waals surface area contributed by atoms with E-state index in [0.29, 0.717) is 31.6 Å². The number of benzene rings is 1. The topological polar surface area (TPSA) is 91.3 Å². The average Bonchev–Trinajstić information content (AvgIpc) is 2.89. The highest BCUT2D eigenvalue weighted by Crippen LogP contribution is 2.30. The molecule has 1 aliphatic rings. The highest BCUT2D eigenvalue weighted by atomic mass is 16.7. The lowest BCUT2D eigenvalue weighted by molar-refractivity contribution is -0.253. The molecule has 1 N–H and O–H groups in total. The molecule has 0 spiro atoms. The van der Waals surface area contributed by atoms with Crippen LogP contribution < -0.4 is 0 Å². The molecule has 0 saturated carbocycles. The lowest BCUT2D eigenvalue weighted by Crippen LogP contribution is -2.46. The van der Waals surface area contributed by atoms with E-state index in [1.54, 1.807) is 19.1 Å². The van der Waals surface area contributed by atoms with E-state index in [1.165, 1.54) is 32.1 Å².